The van der Waals surface area contributed by atoms with Crippen molar-refractivity contribution in [2.24, 2.45) is 5.41 Å². The molecule has 1 aromatic rings. The van der Waals surface area contributed by atoms with Gasteiger partial charge in [-0.25, -0.2) is 4.98 Å². The van der Waals surface area contributed by atoms with Crippen molar-refractivity contribution in [2.45, 2.75) is 39.7 Å². The Kier molecular flexibility index (Phi) is 4.08. The fourth-order valence-corrected chi connectivity index (χ4v) is 2.20. The maximum atomic E-state index is 12.1. The molecule has 1 aliphatic heterocycles. The molecule has 1 atom stereocenters. The molecule has 104 valence electrons. The quantitative estimate of drug-likeness (QED) is 0.840. The number of carbonyl (C=O) groups excluding carboxylic acids is 1. The van der Waals surface area contributed by atoms with Crippen molar-refractivity contribution in [3.05, 3.63) is 24.4 Å². The van der Waals surface area contributed by atoms with Crippen LogP contribution in [0.1, 0.15) is 33.6 Å². The van der Waals surface area contributed by atoms with Crippen LogP contribution in [0.5, 0.6) is 5.88 Å². The van der Waals surface area contributed by atoms with Gasteiger partial charge in [0.1, 0.15) is 6.10 Å². The summed E-state index contributed by atoms with van der Waals surface area (Å²) in [6.07, 6.45) is 3.25. The molecular weight excluding hydrogens is 240 g/mol. The molecule has 0 radical (unpaired) electrons. The number of amides is 1. The van der Waals surface area contributed by atoms with E-state index >= 15 is 0 Å². The van der Waals surface area contributed by atoms with Crippen molar-refractivity contribution in [3.63, 3.8) is 0 Å². The van der Waals surface area contributed by atoms with Crippen LogP contribution < -0.4 is 4.74 Å². The third kappa shape index (κ3) is 4.23. The largest absolute Gasteiger partial charge is 0.472 e. The number of carbonyl (C=O) groups is 1. The van der Waals surface area contributed by atoms with Gasteiger partial charge in [0.05, 0.1) is 6.54 Å². The first kappa shape index (κ1) is 13.8. The van der Waals surface area contributed by atoms with Crippen LogP contribution in [0.4, 0.5) is 0 Å². The number of likely N-dealkylation sites (tertiary alicyclic amines) is 1. The topological polar surface area (TPSA) is 42.4 Å². The monoisotopic (exact) mass is 262 g/mol. The molecule has 4 nitrogen and oxygen atoms in total. The van der Waals surface area contributed by atoms with Gasteiger partial charge in [-0.2, -0.15) is 0 Å². The van der Waals surface area contributed by atoms with Crippen LogP contribution in [-0.4, -0.2) is 35.0 Å². The molecule has 19 heavy (non-hydrogen) atoms. The minimum absolute atomic E-state index is 0.0387. The maximum Gasteiger partial charge on any atom is 0.223 e. The summed E-state index contributed by atoms with van der Waals surface area (Å²) in [6.45, 7) is 7.71. The van der Waals surface area contributed by atoms with Crippen LogP contribution in [0.25, 0.3) is 0 Å². The van der Waals surface area contributed by atoms with Crippen LogP contribution in [0.15, 0.2) is 24.4 Å². The normalized spacial score (nSPS) is 19.5. The summed E-state index contributed by atoms with van der Waals surface area (Å²) in [6, 6.07) is 5.61. The Morgan fingerprint density at radius 3 is 2.89 bits per heavy atom. The van der Waals surface area contributed by atoms with E-state index in [4.69, 9.17) is 4.74 Å². The third-order valence-electron chi connectivity index (χ3n) is 3.10. The van der Waals surface area contributed by atoms with E-state index in [0.29, 0.717) is 18.8 Å². The molecule has 0 saturated carbocycles. The third-order valence-corrected chi connectivity index (χ3v) is 3.10. The summed E-state index contributed by atoms with van der Waals surface area (Å²) in [5.41, 5.74) is 0.0387. The molecule has 1 saturated heterocycles. The molecule has 1 aliphatic rings. The standard InChI is InChI=1S/C15H22N2O2/c1-15(2,3)10-14(18)17-9-7-12(11-17)19-13-6-4-5-8-16-13/h4-6,8,12H,7,9-11H2,1-3H3. The highest BCUT2D eigenvalue weighted by atomic mass is 16.5. The lowest BCUT2D eigenvalue weighted by Gasteiger charge is -2.23. The van der Waals surface area contributed by atoms with Gasteiger partial charge in [0, 0.05) is 31.6 Å². The molecule has 1 amide bonds. The number of hydrogen-bond acceptors (Lipinski definition) is 3. The summed E-state index contributed by atoms with van der Waals surface area (Å²) in [5.74, 6) is 0.859. The van der Waals surface area contributed by atoms with E-state index in [-0.39, 0.29) is 17.4 Å². The van der Waals surface area contributed by atoms with Gasteiger partial charge in [0.15, 0.2) is 0 Å². The highest BCUT2D eigenvalue weighted by Crippen LogP contribution is 2.23. The predicted octanol–water partition coefficient (Wildman–Crippen LogP) is 2.50. The molecule has 2 rings (SSSR count). The molecule has 0 N–H and O–H groups in total. The molecule has 1 unspecified atom stereocenters. The highest BCUT2D eigenvalue weighted by Gasteiger charge is 2.29. The molecule has 1 aromatic heterocycles. The van der Waals surface area contributed by atoms with Gasteiger partial charge in [-0.1, -0.05) is 26.8 Å². The average Bonchev–Trinajstić information content (AvgIpc) is 2.77. The van der Waals surface area contributed by atoms with Crippen molar-refractivity contribution in [2.75, 3.05) is 13.1 Å². The maximum absolute atomic E-state index is 12.1. The molecule has 0 aliphatic carbocycles. The van der Waals surface area contributed by atoms with Gasteiger partial charge in [-0.05, 0) is 11.5 Å². The minimum Gasteiger partial charge on any atom is -0.472 e. The Bertz CT molecular complexity index is 426. The summed E-state index contributed by atoms with van der Waals surface area (Å²) in [7, 11) is 0. The van der Waals surface area contributed by atoms with E-state index in [1.54, 1.807) is 6.20 Å². The van der Waals surface area contributed by atoms with E-state index in [9.17, 15) is 4.79 Å². The number of hydrogen-bond donors (Lipinski definition) is 0. The first-order valence-electron chi connectivity index (χ1n) is 6.79. The smallest absolute Gasteiger partial charge is 0.223 e. The van der Waals surface area contributed by atoms with Gasteiger partial charge < -0.3 is 9.64 Å². The van der Waals surface area contributed by atoms with Crippen LogP contribution in [-0.2, 0) is 4.79 Å². The Hall–Kier alpha value is -1.58. The lowest BCUT2D eigenvalue weighted by molar-refractivity contribution is -0.132. The zero-order valence-corrected chi connectivity index (χ0v) is 11.9. The van der Waals surface area contributed by atoms with Crippen molar-refractivity contribution in [3.8, 4) is 5.88 Å². The fourth-order valence-electron chi connectivity index (χ4n) is 2.20. The summed E-state index contributed by atoms with van der Waals surface area (Å²) in [4.78, 5) is 18.2. The van der Waals surface area contributed by atoms with Gasteiger partial charge in [-0.3, -0.25) is 4.79 Å². The van der Waals surface area contributed by atoms with Crippen molar-refractivity contribution in [1.29, 1.82) is 0 Å². The number of rotatable bonds is 3. The van der Waals surface area contributed by atoms with Gasteiger partial charge in [-0.15, -0.1) is 0 Å². The average molecular weight is 262 g/mol. The Morgan fingerprint density at radius 2 is 2.26 bits per heavy atom. The number of ether oxygens (including phenoxy) is 1. The summed E-state index contributed by atoms with van der Waals surface area (Å²) >= 11 is 0. The van der Waals surface area contributed by atoms with Gasteiger partial charge in [0.25, 0.3) is 0 Å². The van der Waals surface area contributed by atoms with E-state index in [1.165, 1.54) is 0 Å². The van der Waals surface area contributed by atoms with Crippen LogP contribution in [0.2, 0.25) is 0 Å². The lowest BCUT2D eigenvalue weighted by Crippen LogP contribution is -2.33. The second-order valence-corrected chi connectivity index (χ2v) is 6.27. The Morgan fingerprint density at radius 1 is 1.47 bits per heavy atom. The van der Waals surface area contributed by atoms with Crippen molar-refractivity contribution in [1.82, 2.24) is 9.88 Å². The molecule has 2 heterocycles. The molecule has 4 heteroatoms. The van der Waals surface area contributed by atoms with E-state index in [2.05, 4.69) is 25.8 Å². The molecule has 1 fully saturated rings. The summed E-state index contributed by atoms with van der Waals surface area (Å²) < 4.78 is 5.78. The van der Waals surface area contributed by atoms with Crippen LogP contribution >= 0.6 is 0 Å². The molecular formula is C15H22N2O2. The molecule has 0 bridgehead atoms. The zero-order chi connectivity index (χ0) is 13.9. The van der Waals surface area contributed by atoms with Crippen molar-refractivity contribution < 1.29 is 9.53 Å². The summed E-state index contributed by atoms with van der Waals surface area (Å²) in [5, 5.41) is 0. The van der Waals surface area contributed by atoms with Gasteiger partial charge in [0.2, 0.25) is 11.8 Å². The van der Waals surface area contributed by atoms with Gasteiger partial charge >= 0.3 is 0 Å². The number of nitrogens with zero attached hydrogens (tertiary/aromatic N) is 2. The van der Waals surface area contributed by atoms with E-state index in [1.807, 2.05) is 23.1 Å². The SMILES string of the molecule is CC(C)(C)CC(=O)N1CCC(Oc2ccccn2)C1. The second kappa shape index (κ2) is 5.59. The Balaban J connectivity index is 1.85. The second-order valence-electron chi connectivity index (χ2n) is 6.27. The Labute approximate surface area is 114 Å². The first-order chi connectivity index (χ1) is 8.94. The van der Waals surface area contributed by atoms with Crippen LogP contribution in [0, 0.1) is 5.41 Å². The van der Waals surface area contributed by atoms with Crippen LogP contribution in [0.3, 0.4) is 0 Å². The van der Waals surface area contributed by atoms with E-state index < -0.39 is 0 Å². The number of pyridine rings is 1. The predicted molar refractivity (Wildman–Crippen MR) is 73.9 cm³/mol. The highest BCUT2D eigenvalue weighted by molar-refractivity contribution is 5.77. The van der Waals surface area contributed by atoms with Crippen molar-refractivity contribution >= 4 is 5.91 Å². The lowest BCUT2D eigenvalue weighted by atomic mass is 9.92. The number of aromatic nitrogens is 1. The molecule has 0 aromatic carbocycles. The fraction of sp³-hybridized carbons (Fsp3) is 0.600. The minimum atomic E-state index is 0.0387. The zero-order valence-electron chi connectivity index (χ0n) is 11.9. The first-order valence-corrected chi connectivity index (χ1v) is 6.79. The van der Waals surface area contributed by atoms with E-state index in [0.717, 1.165) is 13.0 Å². The molecule has 0 spiro atoms.